The van der Waals surface area contributed by atoms with E-state index in [-0.39, 0.29) is 5.06 Å². The molecule has 0 atom stereocenters. The summed E-state index contributed by atoms with van der Waals surface area (Å²) in [4.78, 5) is 47.0. The van der Waals surface area contributed by atoms with Crippen LogP contribution in [0.3, 0.4) is 0 Å². The Morgan fingerprint density at radius 2 is 2.08 bits per heavy atom. The number of carbonyl (C=O) groups is 4. The smallest absolute Gasteiger partial charge is 0.329 e. The van der Waals surface area contributed by atoms with Gasteiger partial charge in [0.2, 0.25) is 5.91 Å². The molecule has 0 spiro atoms. The van der Waals surface area contributed by atoms with Gasteiger partial charge in [0.1, 0.15) is 6.42 Å². The van der Waals surface area contributed by atoms with Crippen LogP contribution in [0, 0.1) is 0 Å². The molecule has 1 saturated heterocycles. The molecular formula is C6H6N2O5. The summed E-state index contributed by atoms with van der Waals surface area (Å²) in [5.41, 5.74) is 0. The number of imide groups is 2. The maximum atomic E-state index is 10.9. The van der Waals surface area contributed by atoms with Crippen LogP contribution >= 0.6 is 0 Å². The number of carbonyl (C=O) groups excluding carboxylic acids is 4. The largest absolute Gasteiger partial charge is 0.364 e. The zero-order chi connectivity index (χ0) is 10.0. The van der Waals surface area contributed by atoms with Gasteiger partial charge in [-0.05, 0) is 0 Å². The van der Waals surface area contributed by atoms with Crippen molar-refractivity contribution >= 4 is 23.8 Å². The highest BCUT2D eigenvalue weighted by molar-refractivity contribution is 6.13. The standard InChI is InChI=1S/C6H6N2O5/c1-3(9)13-8-5(11)2-4(10)7-6(8)12/h2H2,1H3,(H,7,10,12). The molecule has 1 N–H and O–H groups in total. The highest BCUT2D eigenvalue weighted by Crippen LogP contribution is 2.03. The number of amides is 4. The van der Waals surface area contributed by atoms with Gasteiger partial charge in [-0.3, -0.25) is 14.9 Å². The monoisotopic (exact) mass is 186 g/mol. The average Bonchev–Trinajstić information content (AvgIpc) is 1.96. The molecule has 1 aliphatic rings. The van der Waals surface area contributed by atoms with Crippen molar-refractivity contribution in [1.82, 2.24) is 10.4 Å². The molecular weight excluding hydrogens is 180 g/mol. The van der Waals surface area contributed by atoms with E-state index in [2.05, 4.69) is 4.84 Å². The highest BCUT2D eigenvalue weighted by Gasteiger charge is 2.33. The lowest BCUT2D eigenvalue weighted by atomic mass is 10.3. The zero-order valence-corrected chi connectivity index (χ0v) is 6.70. The molecule has 0 unspecified atom stereocenters. The van der Waals surface area contributed by atoms with Crippen molar-refractivity contribution in [3.8, 4) is 0 Å². The van der Waals surface area contributed by atoms with E-state index < -0.39 is 30.2 Å². The van der Waals surface area contributed by atoms with Crippen molar-refractivity contribution in [3.05, 3.63) is 0 Å². The lowest BCUT2D eigenvalue weighted by Gasteiger charge is -2.21. The molecule has 0 saturated carbocycles. The fraction of sp³-hybridized carbons (Fsp3) is 0.333. The Hall–Kier alpha value is -1.92. The van der Waals surface area contributed by atoms with Crippen molar-refractivity contribution < 1.29 is 24.0 Å². The van der Waals surface area contributed by atoms with Gasteiger partial charge in [-0.25, -0.2) is 9.59 Å². The number of urea groups is 1. The Kier molecular flexibility index (Phi) is 2.27. The van der Waals surface area contributed by atoms with Crippen LogP contribution in [0.15, 0.2) is 0 Å². The van der Waals surface area contributed by atoms with E-state index in [4.69, 9.17) is 0 Å². The number of nitrogens with zero attached hydrogens (tertiary/aromatic N) is 1. The summed E-state index contributed by atoms with van der Waals surface area (Å²) in [6, 6.07) is -1.04. The van der Waals surface area contributed by atoms with Crippen molar-refractivity contribution in [2.24, 2.45) is 0 Å². The van der Waals surface area contributed by atoms with E-state index in [1.807, 2.05) is 5.32 Å². The van der Waals surface area contributed by atoms with Crippen LogP contribution in [-0.2, 0) is 19.2 Å². The van der Waals surface area contributed by atoms with Crippen molar-refractivity contribution in [2.45, 2.75) is 13.3 Å². The molecule has 1 rings (SSSR count). The number of hydrogen-bond donors (Lipinski definition) is 1. The second-order valence-corrected chi connectivity index (χ2v) is 2.30. The molecule has 0 aromatic heterocycles. The quantitative estimate of drug-likeness (QED) is 0.526. The molecule has 1 aliphatic heterocycles. The maximum Gasteiger partial charge on any atom is 0.364 e. The lowest BCUT2D eigenvalue weighted by Crippen LogP contribution is -2.52. The Labute approximate surface area is 72.6 Å². The summed E-state index contributed by atoms with van der Waals surface area (Å²) in [5.74, 6) is -2.37. The lowest BCUT2D eigenvalue weighted by molar-refractivity contribution is -0.186. The number of barbiturate groups is 1. The summed E-state index contributed by atoms with van der Waals surface area (Å²) in [5, 5.41) is 2.04. The topological polar surface area (TPSA) is 92.8 Å². The predicted octanol–water partition coefficient (Wildman–Crippen LogP) is -1.07. The van der Waals surface area contributed by atoms with Crippen LogP contribution in [0.1, 0.15) is 13.3 Å². The minimum absolute atomic E-state index is 0.226. The van der Waals surface area contributed by atoms with Gasteiger partial charge >= 0.3 is 12.0 Å². The molecule has 0 aliphatic carbocycles. The molecule has 1 fully saturated rings. The van der Waals surface area contributed by atoms with Crippen molar-refractivity contribution in [3.63, 3.8) is 0 Å². The van der Waals surface area contributed by atoms with E-state index in [0.29, 0.717) is 0 Å². The first-order chi connectivity index (χ1) is 6.00. The maximum absolute atomic E-state index is 10.9. The number of rotatable bonds is 1. The van der Waals surface area contributed by atoms with E-state index >= 15 is 0 Å². The number of nitrogens with one attached hydrogen (secondary N) is 1. The summed E-state index contributed by atoms with van der Waals surface area (Å²) in [7, 11) is 0. The summed E-state index contributed by atoms with van der Waals surface area (Å²) >= 11 is 0. The Morgan fingerprint density at radius 1 is 1.46 bits per heavy atom. The fourth-order valence-corrected chi connectivity index (χ4v) is 0.758. The van der Waals surface area contributed by atoms with Crippen LogP contribution in [0.2, 0.25) is 0 Å². The van der Waals surface area contributed by atoms with E-state index in [9.17, 15) is 19.2 Å². The molecule has 4 amide bonds. The molecule has 0 bridgehead atoms. The van der Waals surface area contributed by atoms with Gasteiger partial charge in [-0.2, -0.15) is 0 Å². The zero-order valence-electron chi connectivity index (χ0n) is 6.70. The Morgan fingerprint density at radius 3 is 2.54 bits per heavy atom. The highest BCUT2D eigenvalue weighted by atomic mass is 16.7. The van der Waals surface area contributed by atoms with Gasteiger partial charge < -0.3 is 4.84 Å². The molecule has 0 aromatic rings. The number of hydrogen-bond acceptors (Lipinski definition) is 5. The first kappa shape index (κ1) is 9.17. The molecule has 1 heterocycles. The second kappa shape index (κ2) is 3.21. The van der Waals surface area contributed by atoms with Crippen LogP contribution in [0.4, 0.5) is 4.79 Å². The normalized spacial score (nSPS) is 17.0. The predicted molar refractivity (Wildman–Crippen MR) is 36.8 cm³/mol. The van der Waals surface area contributed by atoms with Gasteiger partial charge in [0.05, 0.1) is 0 Å². The van der Waals surface area contributed by atoms with Crippen molar-refractivity contribution in [2.75, 3.05) is 0 Å². The van der Waals surface area contributed by atoms with Crippen LogP contribution in [0.25, 0.3) is 0 Å². The number of hydroxylamine groups is 2. The second-order valence-electron chi connectivity index (χ2n) is 2.30. The summed E-state index contributed by atoms with van der Waals surface area (Å²) < 4.78 is 0. The van der Waals surface area contributed by atoms with Crippen LogP contribution < -0.4 is 5.32 Å². The van der Waals surface area contributed by atoms with Gasteiger partial charge in [0.25, 0.3) is 5.91 Å². The fourth-order valence-electron chi connectivity index (χ4n) is 0.758. The van der Waals surface area contributed by atoms with E-state index in [1.165, 1.54) is 0 Å². The molecule has 0 radical (unpaired) electrons. The van der Waals surface area contributed by atoms with Gasteiger partial charge in [-0.15, -0.1) is 0 Å². The third-order valence-electron chi connectivity index (χ3n) is 1.19. The third-order valence-corrected chi connectivity index (χ3v) is 1.19. The minimum Gasteiger partial charge on any atom is -0.329 e. The van der Waals surface area contributed by atoms with E-state index in [1.54, 1.807) is 0 Å². The third kappa shape index (κ3) is 2.01. The molecule has 7 nitrogen and oxygen atoms in total. The van der Waals surface area contributed by atoms with Gasteiger partial charge in [-0.1, -0.05) is 5.06 Å². The molecule has 70 valence electrons. The van der Waals surface area contributed by atoms with Gasteiger partial charge in [0, 0.05) is 6.92 Å². The van der Waals surface area contributed by atoms with Crippen LogP contribution in [0.5, 0.6) is 0 Å². The van der Waals surface area contributed by atoms with Gasteiger partial charge in [0.15, 0.2) is 0 Å². The molecule has 7 heteroatoms. The van der Waals surface area contributed by atoms with E-state index in [0.717, 1.165) is 6.92 Å². The Bertz CT molecular complexity index is 277. The first-order valence-electron chi connectivity index (χ1n) is 3.36. The molecule has 13 heavy (non-hydrogen) atoms. The summed E-state index contributed by atoms with van der Waals surface area (Å²) in [6.07, 6.45) is -0.501. The summed E-state index contributed by atoms with van der Waals surface area (Å²) in [6.45, 7) is 1.04. The first-order valence-corrected chi connectivity index (χ1v) is 3.36. The Balaban J connectivity index is 2.73. The van der Waals surface area contributed by atoms with Crippen molar-refractivity contribution in [1.29, 1.82) is 0 Å². The SMILES string of the molecule is CC(=O)ON1C(=O)CC(=O)NC1=O. The average molecular weight is 186 g/mol. The van der Waals surface area contributed by atoms with Crippen LogP contribution in [-0.4, -0.2) is 28.9 Å². The molecule has 0 aromatic carbocycles. The minimum atomic E-state index is -1.04.